The molecule has 0 saturated carbocycles. The molecule has 0 aliphatic rings. The lowest BCUT2D eigenvalue weighted by molar-refractivity contribution is 0.963. The van der Waals surface area contributed by atoms with Gasteiger partial charge in [0.15, 0.2) is 5.82 Å². The third-order valence-corrected chi connectivity index (χ3v) is 4.80. The van der Waals surface area contributed by atoms with Crippen LogP contribution in [-0.4, -0.2) is 9.55 Å². The zero-order valence-corrected chi connectivity index (χ0v) is 12.5. The first kappa shape index (κ1) is 12.4. The number of para-hydroxylation sites is 2. The number of aromatic nitrogens is 2. The zero-order chi connectivity index (χ0) is 14.2. The first-order chi connectivity index (χ1) is 10.3. The van der Waals surface area contributed by atoms with Crippen LogP contribution in [0.4, 0.5) is 0 Å². The quantitative estimate of drug-likeness (QED) is 0.509. The lowest BCUT2D eigenvalue weighted by Crippen LogP contribution is -1.89. The van der Waals surface area contributed by atoms with E-state index in [0.717, 1.165) is 11.3 Å². The summed E-state index contributed by atoms with van der Waals surface area (Å²) in [7, 11) is 2.08. The Labute approximate surface area is 127 Å². The summed E-state index contributed by atoms with van der Waals surface area (Å²) in [4.78, 5) is 7.24. The molecule has 2 aromatic heterocycles. The first-order valence-corrected chi connectivity index (χ1v) is 7.72. The topological polar surface area (TPSA) is 17.8 Å². The number of aryl methyl sites for hydroxylation is 1. The molecule has 0 bridgehead atoms. The average Bonchev–Trinajstić information content (AvgIpc) is 3.14. The lowest BCUT2D eigenvalue weighted by atomic mass is 10.2. The third kappa shape index (κ3) is 2.06. The molecule has 0 amide bonds. The molecule has 0 fully saturated rings. The van der Waals surface area contributed by atoms with Gasteiger partial charge in [0.1, 0.15) is 0 Å². The number of rotatable bonds is 2. The molecule has 0 saturated heterocycles. The SMILES string of the molecule is Cn1c(-c2ccc(-c3ccccc3)s2)nc2ccccc21. The summed E-state index contributed by atoms with van der Waals surface area (Å²) in [5.74, 6) is 1.03. The number of hydrogen-bond donors (Lipinski definition) is 0. The zero-order valence-electron chi connectivity index (χ0n) is 11.7. The molecule has 0 aliphatic heterocycles. The monoisotopic (exact) mass is 290 g/mol. The van der Waals surface area contributed by atoms with E-state index in [4.69, 9.17) is 4.98 Å². The largest absolute Gasteiger partial charge is 0.326 e. The van der Waals surface area contributed by atoms with E-state index in [1.807, 2.05) is 12.1 Å². The van der Waals surface area contributed by atoms with Crippen molar-refractivity contribution in [2.24, 2.45) is 7.05 Å². The number of benzene rings is 2. The highest BCUT2D eigenvalue weighted by Crippen LogP contribution is 2.34. The molecule has 4 rings (SSSR count). The van der Waals surface area contributed by atoms with Crippen LogP contribution in [0.15, 0.2) is 66.7 Å². The van der Waals surface area contributed by atoms with Crippen LogP contribution < -0.4 is 0 Å². The van der Waals surface area contributed by atoms with Crippen molar-refractivity contribution in [2.75, 3.05) is 0 Å². The number of fused-ring (bicyclic) bond motifs is 1. The first-order valence-electron chi connectivity index (χ1n) is 6.90. The molecule has 0 radical (unpaired) electrons. The molecule has 0 unspecified atom stereocenters. The maximum absolute atomic E-state index is 4.76. The summed E-state index contributed by atoms with van der Waals surface area (Å²) in [6, 6.07) is 23.1. The van der Waals surface area contributed by atoms with Gasteiger partial charge in [0.05, 0.1) is 15.9 Å². The summed E-state index contributed by atoms with van der Waals surface area (Å²) in [6.45, 7) is 0. The van der Waals surface area contributed by atoms with Crippen LogP contribution in [0.25, 0.3) is 32.2 Å². The van der Waals surface area contributed by atoms with Crippen LogP contribution in [0, 0.1) is 0 Å². The molecule has 0 atom stereocenters. The van der Waals surface area contributed by atoms with E-state index in [-0.39, 0.29) is 0 Å². The van der Waals surface area contributed by atoms with Crippen LogP contribution in [0.5, 0.6) is 0 Å². The molecule has 0 spiro atoms. The van der Waals surface area contributed by atoms with Crippen molar-refractivity contribution in [3.8, 4) is 21.1 Å². The standard InChI is InChI=1S/C18H14N2S/c1-20-15-10-6-5-9-14(15)19-18(20)17-12-11-16(21-17)13-7-3-2-4-8-13/h2-12H,1H3. The van der Waals surface area contributed by atoms with Crippen LogP contribution >= 0.6 is 11.3 Å². The number of thiophene rings is 1. The predicted molar refractivity (Wildman–Crippen MR) is 89.5 cm³/mol. The van der Waals surface area contributed by atoms with Crippen molar-refractivity contribution in [1.29, 1.82) is 0 Å². The van der Waals surface area contributed by atoms with Gasteiger partial charge in [-0.3, -0.25) is 0 Å². The highest BCUT2D eigenvalue weighted by molar-refractivity contribution is 7.18. The van der Waals surface area contributed by atoms with Crippen molar-refractivity contribution >= 4 is 22.4 Å². The molecule has 2 nitrogen and oxygen atoms in total. The van der Waals surface area contributed by atoms with Crippen molar-refractivity contribution in [2.45, 2.75) is 0 Å². The molecule has 21 heavy (non-hydrogen) atoms. The van der Waals surface area contributed by atoms with Gasteiger partial charge < -0.3 is 4.57 Å². The Bertz CT molecular complexity index is 903. The van der Waals surface area contributed by atoms with E-state index < -0.39 is 0 Å². The molecule has 3 heteroatoms. The van der Waals surface area contributed by atoms with Crippen LogP contribution in [-0.2, 0) is 7.05 Å². The average molecular weight is 290 g/mol. The normalized spacial score (nSPS) is 11.1. The minimum atomic E-state index is 1.03. The summed E-state index contributed by atoms with van der Waals surface area (Å²) in [5, 5.41) is 0. The Balaban J connectivity index is 1.83. The van der Waals surface area contributed by atoms with Gasteiger partial charge in [-0.15, -0.1) is 11.3 Å². The van der Waals surface area contributed by atoms with Crippen LogP contribution in [0.3, 0.4) is 0 Å². The highest BCUT2D eigenvalue weighted by Gasteiger charge is 2.12. The van der Waals surface area contributed by atoms with Gasteiger partial charge in [0.25, 0.3) is 0 Å². The Kier molecular flexibility index (Phi) is 2.86. The number of hydrogen-bond acceptors (Lipinski definition) is 2. The van der Waals surface area contributed by atoms with E-state index in [1.165, 1.54) is 20.8 Å². The smallest absolute Gasteiger partial charge is 0.150 e. The van der Waals surface area contributed by atoms with Gasteiger partial charge in [-0.25, -0.2) is 4.98 Å². The second kappa shape index (κ2) is 4.86. The number of nitrogens with zero attached hydrogens (tertiary/aromatic N) is 2. The second-order valence-electron chi connectivity index (χ2n) is 5.01. The Morgan fingerprint density at radius 2 is 1.52 bits per heavy atom. The molecule has 0 aliphatic carbocycles. The molecule has 4 aromatic rings. The lowest BCUT2D eigenvalue weighted by Gasteiger charge is -1.99. The molecular weight excluding hydrogens is 276 g/mol. The van der Waals surface area contributed by atoms with Crippen LogP contribution in [0.1, 0.15) is 0 Å². The molecule has 2 aromatic carbocycles. The van der Waals surface area contributed by atoms with Gasteiger partial charge >= 0.3 is 0 Å². The van der Waals surface area contributed by atoms with E-state index in [2.05, 4.69) is 66.2 Å². The van der Waals surface area contributed by atoms with Gasteiger partial charge in [-0.1, -0.05) is 42.5 Å². The maximum atomic E-state index is 4.76. The van der Waals surface area contributed by atoms with E-state index in [9.17, 15) is 0 Å². The molecule has 0 N–H and O–H groups in total. The van der Waals surface area contributed by atoms with Crippen molar-refractivity contribution in [3.05, 3.63) is 66.7 Å². The van der Waals surface area contributed by atoms with E-state index in [1.54, 1.807) is 11.3 Å². The van der Waals surface area contributed by atoms with Gasteiger partial charge in [0, 0.05) is 11.9 Å². The van der Waals surface area contributed by atoms with Crippen molar-refractivity contribution < 1.29 is 0 Å². The minimum Gasteiger partial charge on any atom is -0.326 e. The second-order valence-corrected chi connectivity index (χ2v) is 6.10. The van der Waals surface area contributed by atoms with Gasteiger partial charge in [-0.05, 0) is 29.8 Å². The summed E-state index contributed by atoms with van der Waals surface area (Å²) in [5.41, 5.74) is 3.47. The Morgan fingerprint density at radius 1 is 0.810 bits per heavy atom. The molecular formula is C18H14N2S. The van der Waals surface area contributed by atoms with Crippen LogP contribution in [0.2, 0.25) is 0 Å². The Morgan fingerprint density at radius 3 is 2.33 bits per heavy atom. The number of imidazole rings is 1. The third-order valence-electron chi connectivity index (χ3n) is 3.67. The van der Waals surface area contributed by atoms with Gasteiger partial charge in [0.2, 0.25) is 0 Å². The van der Waals surface area contributed by atoms with E-state index in [0.29, 0.717) is 0 Å². The Hall–Kier alpha value is -2.39. The highest BCUT2D eigenvalue weighted by atomic mass is 32.1. The van der Waals surface area contributed by atoms with Gasteiger partial charge in [-0.2, -0.15) is 0 Å². The molecule has 102 valence electrons. The minimum absolute atomic E-state index is 1.03. The van der Waals surface area contributed by atoms with Crippen molar-refractivity contribution in [3.63, 3.8) is 0 Å². The summed E-state index contributed by atoms with van der Waals surface area (Å²) >= 11 is 1.79. The summed E-state index contributed by atoms with van der Waals surface area (Å²) in [6.07, 6.45) is 0. The van der Waals surface area contributed by atoms with Crippen molar-refractivity contribution in [1.82, 2.24) is 9.55 Å². The molecule has 2 heterocycles. The summed E-state index contributed by atoms with van der Waals surface area (Å²) < 4.78 is 2.16. The fraction of sp³-hybridized carbons (Fsp3) is 0.0556. The maximum Gasteiger partial charge on any atom is 0.150 e. The fourth-order valence-corrected chi connectivity index (χ4v) is 3.62. The predicted octanol–water partition coefficient (Wildman–Crippen LogP) is 4.97. The fourth-order valence-electron chi connectivity index (χ4n) is 2.58. The van der Waals surface area contributed by atoms with E-state index >= 15 is 0 Å².